The first kappa shape index (κ1) is 17.0. The summed E-state index contributed by atoms with van der Waals surface area (Å²) in [6.07, 6.45) is 0. The topological polar surface area (TPSA) is 81.5 Å². The Morgan fingerprint density at radius 2 is 1.91 bits per heavy atom. The molecule has 0 heterocycles. The van der Waals surface area contributed by atoms with Crippen LogP contribution in [-0.4, -0.2) is 17.9 Å². The number of nitro benzene ring substituents is 1. The molecule has 1 atom stereocenters. The molecule has 2 aromatic rings. The number of nitrogens with one attached hydrogen (secondary N) is 1. The largest absolute Gasteiger partial charge is 0.490 e. The minimum atomic E-state index is -0.576. The van der Waals surface area contributed by atoms with E-state index in [4.69, 9.17) is 4.74 Å². The van der Waals surface area contributed by atoms with Crippen LogP contribution in [0.4, 0.5) is 5.69 Å². The van der Waals surface area contributed by atoms with E-state index in [1.807, 2.05) is 31.2 Å². The normalized spacial score (nSPS) is 11.6. The zero-order valence-corrected chi connectivity index (χ0v) is 14.2. The van der Waals surface area contributed by atoms with Gasteiger partial charge in [-0.15, -0.1) is 0 Å². The van der Waals surface area contributed by atoms with E-state index in [0.29, 0.717) is 0 Å². The fourth-order valence-electron chi connectivity index (χ4n) is 2.09. The molecule has 0 fully saturated rings. The lowest BCUT2D eigenvalue weighted by Gasteiger charge is -2.14. The van der Waals surface area contributed by atoms with Gasteiger partial charge in [-0.1, -0.05) is 28.1 Å². The van der Waals surface area contributed by atoms with Gasteiger partial charge in [0.15, 0.2) is 5.75 Å². The molecular weight excluding hydrogens is 364 g/mol. The summed E-state index contributed by atoms with van der Waals surface area (Å²) in [5, 5.41) is 13.8. The molecule has 1 N–H and O–H groups in total. The first-order valence-corrected chi connectivity index (χ1v) is 7.60. The second-order valence-corrected chi connectivity index (χ2v) is 5.81. The Morgan fingerprint density at radius 1 is 1.26 bits per heavy atom. The second kappa shape index (κ2) is 7.23. The third-order valence-corrected chi connectivity index (χ3v) is 3.88. The number of carbonyl (C=O) groups excluding carboxylic acids is 1. The van der Waals surface area contributed by atoms with Crippen LogP contribution >= 0.6 is 15.9 Å². The lowest BCUT2D eigenvalue weighted by atomic mass is 10.1. The molecule has 0 aliphatic carbocycles. The van der Waals surface area contributed by atoms with Crippen LogP contribution in [0.15, 0.2) is 46.9 Å². The first-order valence-electron chi connectivity index (χ1n) is 6.81. The summed E-state index contributed by atoms with van der Waals surface area (Å²) in [6, 6.07) is 11.5. The summed E-state index contributed by atoms with van der Waals surface area (Å²) < 4.78 is 5.87. The first-order chi connectivity index (χ1) is 10.9. The average molecular weight is 379 g/mol. The maximum atomic E-state index is 12.3. The van der Waals surface area contributed by atoms with E-state index in [0.717, 1.165) is 10.0 Å². The number of nitro groups is 1. The molecule has 0 spiro atoms. The number of hydrogen-bond acceptors (Lipinski definition) is 4. The van der Waals surface area contributed by atoms with Crippen LogP contribution in [-0.2, 0) is 0 Å². The van der Waals surface area contributed by atoms with Gasteiger partial charge in [-0.25, -0.2) is 0 Å². The zero-order chi connectivity index (χ0) is 17.0. The third-order valence-electron chi connectivity index (χ3n) is 3.36. The Kier molecular flexibility index (Phi) is 5.33. The van der Waals surface area contributed by atoms with Crippen molar-refractivity contribution in [2.24, 2.45) is 0 Å². The van der Waals surface area contributed by atoms with Crippen LogP contribution in [0.25, 0.3) is 0 Å². The summed E-state index contributed by atoms with van der Waals surface area (Å²) in [6.45, 7) is 1.85. The van der Waals surface area contributed by atoms with Crippen LogP contribution < -0.4 is 10.1 Å². The smallest absolute Gasteiger partial charge is 0.311 e. The summed E-state index contributed by atoms with van der Waals surface area (Å²) in [4.78, 5) is 22.7. The highest BCUT2D eigenvalue weighted by Crippen LogP contribution is 2.27. The van der Waals surface area contributed by atoms with Gasteiger partial charge in [0, 0.05) is 16.1 Å². The molecule has 0 radical (unpaired) electrons. The number of hydrogen-bond donors (Lipinski definition) is 1. The van der Waals surface area contributed by atoms with Crippen LogP contribution in [0.5, 0.6) is 5.75 Å². The number of halogens is 1. The number of carbonyl (C=O) groups is 1. The minimum Gasteiger partial charge on any atom is -0.490 e. The summed E-state index contributed by atoms with van der Waals surface area (Å²) in [7, 11) is 1.34. The van der Waals surface area contributed by atoms with E-state index in [9.17, 15) is 14.9 Å². The zero-order valence-electron chi connectivity index (χ0n) is 12.6. The monoisotopic (exact) mass is 378 g/mol. The molecule has 2 aromatic carbocycles. The molecule has 6 nitrogen and oxygen atoms in total. The van der Waals surface area contributed by atoms with Crippen LogP contribution in [0.1, 0.15) is 28.9 Å². The van der Waals surface area contributed by atoms with Crippen LogP contribution in [0.2, 0.25) is 0 Å². The number of nitrogens with zero attached hydrogens (tertiary/aromatic N) is 1. The van der Waals surface area contributed by atoms with Crippen molar-refractivity contribution in [1.29, 1.82) is 0 Å². The molecule has 1 amide bonds. The highest BCUT2D eigenvalue weighted by atomic mass is 79.9. The predicted octanol–water partition coefficient (Wildman–Crippen LogP) is 3.86. The number of ether oxygens (including phenoxy) is 1. The van der Waals surface area contributed by atoms with E-state index in [1.165, 1.54) is 25.3 Å². The van der Waals surface area contributed by atoms with Crippen molar-refractivity contribution in [3.63, 3.8) is 0 Å². The molecule has 0 bridgehead atoms. The Balaban J connectivity index is 2.18. The van der Waals surface area contributed by atoms with Gasteiger partial charge in [0.05, 0.1) is 18.1 Å². The Morgan fingerprint density at radius 3 is 2.48 bits per heavy atom. The average Bonchev–Trinajstić information content (AvgIpc) is 2.54. The number of methoxy groups -OCH3 is 1. The van der Waals surface area contributed by atoms with Gasteiger partial charge >= 0.3 is 5.69 Å². The third kappa shape index (κ3) is 4.07. The fourth-order valence-corrected chi connectivity index (χ4v) is 2.35. The minimum absolute atomic E-state index is 0.118. The van der Waals surface area contributed by atoms with Gasteiger partial charge in [-0.2, -0.15) is 0 Å². The molecule has 120 valence electrons. The lowest BCUT2D eigenvalue weighted by molar-refractivity contribution is -0.385. The molecule has 0 saturated heterocycles. The summed E-state index contributed by atoms with van der Waals surface area (Å²) >= 11 is 3.35. The van der Waals surface area contributed by atoms with E-state index in [1.54, 1.807) is 0 Å². The molecule has 23 heavy (non-hydrogen) atoms. The highest BCUT2D eigenvalue weighted by molar-refractivity contribution is 9.10. The standard InChI is InChI=1S/C16H15BrN2O4/c1-10(11-3-6-13(17)7-4-11)18-16(20)12-5-8-15(23-2)14(9-12)19(21)22/h3-10H,1-2H3,(H,18,20)/t10-/m0/s1. The van der Waals surface area contributed by atoms with Crippen molar-refractivity contribution < 1.29 is 14.5 Å². The summed E-state index contributed by atoms with van der Waals surface area (Å²) in [5.41, 5.74) is 0.905. The van der Waals surface area contributed by atoms with Crippen molar-refractivity contribution in [3.8, 4) is 5.75 Å². The maximum Gasteiger partial charge on any atom is 0.311 e. The van der Waals surface area contributed by atoms with Crippen molar-refractivity contribution in [3.05, 3.63) is 68.2 Å². The molecule has 7 heteroatoms. The number of rotatable bonds is 5. The molecule has 0 unspecified atom stereocenters. The quantitative estimate of drug-likeness (QED) is 0.632. The summed E-state index contributed by atoms with van der Waals surface area (Å²) in [5.74, 6) is -0.265. The molecular formula is C16H15BrN2O4. The van der Waals surface area contributed by atoms with Gasteiger partial charge < -0.3 is 10.1 Å². The predicted molar refractivity (Wildman–Crippen MR) is 89.7 cm³/mol. The molecule has 0 aliphatic heterocycles. The molecule has 0 aliphatic rings. The Labute approximate surface area is 141 Å². The Bertz CT molecular complexity index is 731. The van der Waals surface area contributed by atoms with E-state index in [2.05, 4.69) is 21.2 Å². The maximum absolute atomic E-state index is 12.3. The van der Waals surface area contributed by atoms with Crippen molar-refractivity contribution in [2.75, 3.05) is 7.11 Å². The van der Waals surface area contributed by atoms with Gasteiger partial charge in [-0.05, 0) is 36.8 Å². The number of benzene rings is 2. The molecule has 2 rings (SSSR count). The highest BCUT2D eigenvalue weighted by Gasteiger charge is 2.19. The van der Waals surface area contributed by atoms with Crippen molar-refractivity contribution in [1.82, 2.24) is 5.32 Å². The van der Waals surface area contributed by atoms with Gasteiger partial charge in [-0.3, -0.25) is 14.9 Å². The van der Waals surface area contributed by atoms with Crippen molar-refractivity contribution >= 4 is 27.5 Å². The lowest BCUT2D eigenvalue weighted by Crippen LogP contribution is -2.26. The second-order valence-electron chi connectivity index (χ2n) is 4.89. The van der Waals surface area contributed by atoms with Crippen LogP contribution in [0, 0.1) is 10.1 Å². The fraction of sp³-hybridized carbons (Fsp3) is 0.188. The van der Waals surface area contributed by atoms with Gasteiger partial charge in [0.25, 0.3) is 5.91 Å². The SMILES string of the molecule is COc1ccc(C(=O)N[C@@H](C)c2ccc(Br)cc2)cc1[N+](=O)[O-]. The van der Waals surface area contributed by atoms with Gasteiger partial charge in [0.1, 0.15) is 0 Å². The van der Waals surface area contributed by atoms with Crippen LogP contribution in [0.3, 0.4) is 0 Å². The molecule has 0 saturated carbocycles. The van der Waals surface area contributed by atoms with E-state index >= 15 is 0 Å². The van der Waals surface area contributed by atoms with Gasteiger partial charge in [0.2, 0.25) is 0 Å². The Hall–Kier alpha value is -2.41. The molecule has 0 aromatic heterocycles. The van der Waals surface area contributed by atoms with E-state index in [-0.39, 0.29) is 28.9 Å². The van der Waals surface area contributed by atoms with E-state index < -0.39 is 4.92 Å². The number of amides is 1. The van der Waals surface area contributed by atoms with Crippen molar-refractivity contribution in [2.45, 2.75) is 13.0 Å².